The maximum absolute atomic E-state index is 11.7. The molecule has 0 aliphatic carbocycles. The van der Waals surface area contributed by atoms with Gasteiger partial charge in [0.1, 0.15) is 0 Å². The number of urea groups is 1. The highest BCUT2D eigenvalue weighted by molar-refractivity contribution is 5.74. The molecule has 0 aromatic heterocycles. The first kappa shape index (κ1) is 13.6. The Balaban J connectivity index is 2.87. The molecule has 0 saturated carbocycles. The van der Waals surface area contributed by atoms with Crippen LogP contribution in [-0.2, 0) is 0 Å². The van der Waals surface area contributed by atoms with Gasteiger partial charge in [-0.1, -0.05) is 51.1 Å². The van der Waals surface area contributed by atoms with Gasteiger partial charge in [-0.15, -0.1) is 0 Å². The summed E-state index contributed by atoms with van der Waals surface area (Å²) in [5.74, 6) is 0. The molecule has 17 heavy (non-hydrogen) atoms. The van der Waals surface area contributed by atoms with E-state index in [1.54, 1.807) is 0 Å². The van der Waals surface area contributed by atoms with Crippen LogP contribution in [0.5, 0.6) is 0 Å². The third kappa shape index (κ3) is 4.10. The van der Waals surface area contributed by atoms with Gasteiger partial charge in [-0.2, -0.15) is 0 Å². The molecule has 1 atom stereocenters. The molecule has 3 nitrogen and oxygen atoms in total. The molecule has 0 spiro atoms. The Bertz CT molecular complexity index is 354. The van der Waals surface area contributed by atoms with Gasteiger partial charge < -0.3 is 10.6 Å². The first-order valence-electron chi connectivity index (χ1n) is 6.04. The zero-order chi connectivity index (χ0) is 12.9. The van der Waals surface area contributed by atoms with Gasteiger partial charge in [0.25, 0.3) is 0 Å². The summed E-state index contributed by atoms with van der Waals surface area (Å²) in [5.41, 5.74) is 1.11. The molecule has 0 heterocycles. The van der Waals surface area contributed by atoms with Crippen LogP contribution in [0.1, 0.15) is 39.3 Å². The zero-order valence-electron chi connectivity index (χ0n) is 11.1. The van der Waals surface area contributed by atoms with E-state index >= 15 is 0 Å². The summed E-state index contributed by atoms with van der Waals surface area (Å²) >= 11 is 0. The second-order valence-electron chi connectivity index (χ2n) is 5.21. The molecule has 0 aliphatic heterocycles. The minimum Gasteiger partial charge on any atom is -0.338 e. The maximum atomic E-state index is 11.7. The van der Waals surface area contributed by atoms with Crippen LogP contribution in [0.4, 0.5) is 4.79 Å². The van der Waals surface area contributed by atoms with Crippen LogP contribution in [0.25, 0.3) is 0 Å². The number of nitrogens with one attached hydrogen (secondary N) is 2. The van der Waals surface area contributed by atoms with Gasteiger partial charge in [0, 0.05) is 6.54 Å². The van der Waals surface area contributed by atoms with Crippen LogP contribution in [-0.4, -0.2) is 12.6 Å². The van der Waals surface area contributed by atoms with Gasteiger partial charge in [-0.3, -0.25) is 0 Å². The highest BCUT2D eigenvalue weighted by Crippen LogP contribution is 2.32. The normalized spacial score (nSPS) is 12.9. The minimum absolute atomic E-state index is 0.00949. The molecule has 0 aliphatic rings. The molecule has 1 unspecified atom stereocenters. The average molecular weight is 234 g/mol. The Morgan fingerprint density at radius 3 is 2.29 bits per heavy atom. The lowest BCUT2D eigenvalue weighted by atomic mass is 9.82. The quantitative estimate of drug-likeness (QED) is 0.829. The fourth-order valence-corrected chi connectivity index (χ4v) is 1.79. The van der Waals surface area contributed by atoms with Crippen molar-refractivity contribution in [2.45, 2.75) is 33.7 Å². The van der Waals surface area contributed by atoms with Crippen molar-refractivity contribution in [2.24, 2.45) is 5.41 Å². The lowest BCUT2D eigenvalue weighted by Gasteiger charge is -2.32. The SMILES string of the molecule is CCNC(=O)NC(c1ccccc1)C(C)(C)C. The van der Waals surface area contributed by atoms with Crippen molar-refractivity contribution in [1.29, 1.82) is 0 Å². The molecule has 0 radical (unpaired) electrons. The second-order valence-corrected chi connectivity index (χ2v) is 5.21. The van der Waals surface area contributed by atoms with E-state index in [9.17, 15) is 4.79 Å². The number of benzene rings is 1. The Morgan fingerprint density at radius 2 is 1.82 bits per heavy atom. The van der Waals surface area contributed by atoms with Crippen LogP contribution >= 0.6 is 0 Å². The molecule has 2 amide bonds. The molecule has 1 aromatic carbocycles. The summed E-state index contributed by atoms with van der Waals surface area (Å²) in [5, 5.41) is 5.79. The molecule has 0 fully saturated rings. The molecule has 1 aromatic rings. The van der Waals surface area contributed by atoms with Gasteiger partial charge in [-0.05, 0) is 17.9 Å². The zero-order valence-corrected chi connectivity index (χ0v) is 11.1. The molecule has 2 N–H and O–H groups in total. The van der Waals surface area contributed by atoms with E-state index in [2.05, 4.69) is 31.4 Å². The van der Waals surface area contributed by atoms with E-state index in [1.165, 1.54) is 0 Å². The summed E-state index contributed by atoms with van der Waals surface area (Å²) in [6, 6.07) is 9.95. The van der Waals surface area contributed by atoms with Crippen LogP contribution < -0.4 is 10.6 Å². The topological polar surface area (TPSA) is 41.1 Å². The van der Waals surface area contributed by atoms with Crippen molar-refractivity contribution >= 4 is 6.03 Å². The average Bonchev–Trinajstić information content (AvgIpc) is 2.26. The second kappa shape index (κ2) is 5.71. The summed E-state index contributed by atoms with van der Waals surface area (Å²) in [6.45, 7) is 8.91. The number of amides is 2. The van der Waals surface area contributed by atoms with E-state index in [0.717, 1.165) is 5.56 Å². The molecule has 0 saturated heterocycles. The molecule has 1 rings (SSSR count). The van der Waals surface area contributed by atoms with E-state index < -0.39 is 0 Å². The molecular formula is C14H22N2O. The van der Waals surface area contributed by atoms with Gasteiger partial charge in [0.05, 0.1) is 6.04 Å². The van der Waals surface area contributed by atoms with Crippen molar-refractivity contribution < 1.29 is 4.79 Å². The molecular weight excluding hydrogens is 212 g/mol. The first-order chi connectivity index (χ1) is 7.95. The number of carbonyl (C=O) groups excluding carboxylic acids is 1. The summed E-state index contributed by atoms with van der Waals surface area (Å²) in [6.07, 6.45) is 0. The van der Waals surface area contributed by atoms with E-state index in [4.69, 9.17) is 0 Å². The van der Waals surface area contributed by atoms with Crippen LogP contribution in [0.15, 0.2) is 30.3 Å². The van der Waals surface area contributed by atoms with Gasteiger partial charge in [0.2, 0.25) is 0 Å². The number of hydrogen-bond donors (Lipinski definition) is 2. The van der Waals surface area contributed by atoms with Crippen molar-refractivity contribution in [1.82, 2.24) is 10.6 Å². The predicted octanol–water partition coefficient (Wildman–Crippen LogP) is 3.09. The van der Waals surface area contributed by atoms with Crippen molar-refractivity contribution in [3.8, 4) is 0 Å². The van der Waals surface area contributed by atoms with Crippen molar-refractivity contribution in [3.63, 3.8) is 0 Å². The van der Waals surface area contributed by atoms with E-state index in [-0.39, 0.29) is 17.5 Å². The van der Waals surface area contributed by atoms with E-state index in [0.29, 0.717) is 6.54 Å². The number of hydrogen-bond acceptors (Lipinski definition) is 1. The fraction of sp³-hybridized carbons (Fsp3) is 0.500. The van der Waals surface area contributed by atoms with Gasteiger partial charge in [-0.25, -0.2) is 4.79 Å². The largest absolute Gasteiger partial charge is 0.338 e. The monoisotopic (exact) mass is 234 g/mol. The summed E-state index contributed by atoms with van der Waals surface area (Å²) < 4.78 is 0. The van der Waals surface area contributed by atoms with Crippen LogP contribution in [0, 0.1) is 5.41 Å². The van der Waals surface area contributed by atoms with Gasteiger partial charge >= 0.3 is 6.03 Å². The third-order valence-corrected chi connectivity index (χ3v) is 2.61. The number of rotatable bonds is 3. The molecule has 94 valence electrons. The Labute approximate surface area is 104 Å². The van der Waals surface area contributed by atoms with Crippen molar-refractivity contribution in [2.75, 3.05) is 6.54 Å². The van der Waals surface area contributed by atoms with Crippen LogP contribution in [0.3, 0.4) is 0 Å². The predicted molar refractivity (Wildman–Crippen MR) is 70.8 cm³/mol. The fourth-order valence-electron chi connectivity index (χ4n) is 1.79. The standard InChI is InChI=1S/C14H22N2O/c1-5-15-13(17)16-12(14(2,3)4)11-9-7-6-8-10-11/h6-10,12H,5H2,1-4H3,(H2,15,16,17). The highest BCUT2D eigenvalue weighted by Gasteiger charge is 2.27. The van der Waals surface area contributed by atoms with Crippen molar-refractivity contribution in [3.05, 3.63) is 35.9 Å². The third-order valence-electron chi connectivity index (χ3n) is 2.61. The Morgan fingerprint density at radius 1 is 1.24 bits per heavy atom. The van der Waals surface area contributed by atoms with E-state index in [1.807, 2.05) is 37.3 Å². The molecule has 0 bridgehead atoms. The summed E-state index contributed by atoms with van der Waals surface area (Å²) in [4.78, 5) is 11.7. The first-order valence-corrected chi connectivity index (χ1v) is 6.04. The lowest BCUT2D eigenvalue weighted by molar-refractivity contribution is 0.219. The minimum atomic E-state index is -0.115. The lowest BCUT2D eigenvalue weighted by Crippen LogP contribution is -2.42. The Kier molecular flexibility index (Phi) is 4.55. The highest BCUT2D eigenvalue weighted by atomic mass is 16.2. The maximum Gasteiger partial charge on any atom is 0.315 e. The smallest absolute Gasteiger partial charge is 0.315 e. The number of carbonyl (C=O) groups is 1. The molecule has 3 heteroatoms. The van der Waals surface area contributed by atoms with Crippen LogP contribution in [0.2, 0.25) is 0 Å². The summed E-state index contributed by atoms with van der Waals surface area (Å²) in [7, 11) is 0. The Hall–Kier alpha value is -1.51. The van der Waals surface area contributed by atoms with Gasteiger partial charge in [0.15, 0.2) is 0 Å².